The van der Waals surface area contributed by atoms with Crippen molar-refractivity contribution in [3.63, 3.8) is 0 Å². The van der Waals surface area contributed by atoms with E-state index in [0.717, 1.165) is 46.3 Å². The molecular weight excluding hydrogens is 753 g/mol. The molecule has 4 aromatic carbocycles. The third kappa shape index (κ3) is 9.16. The molecule has 2 amide bonds. The Balaban J connectivity index is 1.39. The van der Waals surface area contributed by atoms with Gasteiger partial charge in [-0.25, -0.2) is 4.79 Å². The van der Waals surface area contributed by atoms with Crippen molar-refractivity contribution in [3.8, 4) is 0 Å². The van der Waals surface area contributed by atoms with E-state index in [1.807, 2.05) is 120 Å². The topological polar surface area (TPSA) is 89.7 Å². The molecule has 1 aromatic heterocycles. The number of fused-ring (bicyclic) bond motifs is 1. The zero-order chi connectivity index (χ0) is 39.4. The van der Waals surface area contributed by atoms with Gasteiger partial charge < -0.3 is 30.2 Å². The fraction of sp³-hybridized carbons (Fsp3) is 0.273. The number of alkyl carbamates (subject to hydrolysis) is 1. The molecule has 6 rings (SSSR count). The number of halogens is 3. The van der Waals surface area contributed by atoms with E-state index < -0.39 is 11.7 Å². The van der Waals surface area contributed by atoms with E-state index in [2.05, 4.69) is 32.0 Å². The summed E-state index contributed by atoms with van der Waals surface area (Å²) in [5.74, 6) is -0.323. The van der Waals surface area contributed by atoms with Crippen LogP contribution in [-0.4, -0.2) is 46.6 Å². The van der Waals surface area contributed by atoms with Gasteiger partial charge in [0.15, 0.2) is 0 Å². The van der Waals surface area contributed by atoms with E-state index in [0.29, 0.717) is 50.6 Å². The Morgan fingerprint density at radius 1 is 0.945 bits per heavy atom. The average molecular weight is 799 g/mol. The van der Waals surface area contributed by atoms with Crippen LogP contribution in [0.1, 0.15) is 80.7 Å². The number of benzene rings is 4. The molecule has 1 aliphatic rings. The van der Waals surface area contributed by atoms with Crippen LogP contribution >= 0.6 is 34.8 Å². The summed E-state index contributed by atoms with van der Waals surface area (Å²) in [5.41, 5.74) is 6.26. The summed E-state index contributed by atoms with van der Waals surface area (Å²) in [7, 11) is 0. The third-order valence-corrected chi connectivity index (χ3v) is 10.6. The summed E-state index contributed by atoms with van der Waals surface area (Å²) >= 11 is 19.6. The van der Waals surface area contributed by atoms with Gasteiger partial charge in [-0.05, 0) is 107 Å². The number of carbonyl (C=O) groups excluding carboxylic acids is 2. The Kier molecular flexibility index (Phi) is 12.2. The Hall–Kier alpha value is -4.89. The van der Waals surface area contributed by atoms with Crippen molar-refractivity contribution in [1.82, 2.24) is 15.2 Å². The largest absolute Gasteiger partial charge is 0.444 e. The van der Waals surface area contributed by atoms with Gasteiger partial charge in [0.25, 0.3) is 5.91 Å². The summed E-state index contributed by atoms with van der Waals surface area (Å²) in [6, 6.07) is 28.6. The summed E-state index contributed by atoms with van der Waals surface area (Å²) in [4.78, 5) is 34.9. The number of anilines is 2. The molecular formula is C44H46Cl3N5O3. The second-order valence-electron chi connectivity index (χ2n) is 14.7. The number of hydrogen-bond donors (Lipinski definition) is 3. The maximum atomic E-state index is 14.8. The molecule has 1 aliphatic heterocycles. The highest BCUT2D eigenvalue weighted by Gasteiger charge is 2.30. The van der Waals surface area contributed by atoms with E-state index in [-0.39, 0.29) is 18.0 Å². The number of piperidine rings is 1. The predicted molar refractivity (Wildman–Crippen MR) is 228 cm³/mol. The quantitative estimate of drug-likeness (QED) is 0.131. The lowest BCUT2D eigenvalue weighted by Gasteiger charge is -2.35. The number of rotatable bonds is 10. The highest BCUT2D eigenvalue weighted by atomic mass is 35.5. The maximum absolute atomic E-state index is 14.8. The lowest BCUT2D eigenvalue weighted by Crippen LogP contribution is -2.46. The Morgan fingerprint density at radius 2 is 1.60 bits per heavy atom. The first-order chi connectivity index (χ1) is 26.2. The number of nitrogens with zero attached hydrogens (tertiary/aromatic N) is 2. The predicted octanol–water partition coefficient (Wildman–Crippen LogP) is 12.0. The number of carbonyl (C=O) groups is 2. The van der Waals surface area contributed by atoms with Crippen LogP contribution in [0.4, 0.5) is 16.2 Å². The minimum Gasteiger partial charge on any atom is -0.444 e. The fourth-order valence-electron chi connectivity index (χ4n) is 7.13. The van der Waals surface area contributed by atoms with E-state index in [4.69, 9.17) is 39.5 Å². The number of nitrogens with one attached hydrogen (secondary N) is 3. The molecule has 11 heteroatoms. The average Bonchev–Trinajstić information content (AvgIpc) is 3.51. The van der Waals surface area contributed by atoms with Crippen LogP contribution in [0.15, 0.2) is 104 Å². The monoisotopic (exact) mass is 797 g/mol. The molecule has 0 radical (unpaired) electrons. The smallest absolute Gasteiger partial charge is 0.407 e. The molecule has 0 aliphatic carbocycles. The number of aromatic amines is 1. The first kappa shape index (κ1) is 39.8. The third-order valence-electron chi connectivity index (χ3n) is 9.78. The van der Waals surface area contributed by atoms with Crippen LogP contribution in [0.25, 0.3) is 22.2 Å². The highest BCUT2D eigenvalue weighted by Crippen LogP contribution is 2.43. The fourth-order valence-corrected chi connectivity index (χ4v) is 7.87. The molecule has 8 nitrogen and oxygen atoms in total. The number of para-hydroxylation sites is 2. The van der Waals surface area contributed by atoms with Gasteiger partial charge in [0, 0.05) is 50.7 Å². The van der Waals surface area contributed by atoms with Gasteiger partial charge in [-0.1, -0.05) is 96.0 Å². The van der Waals surface area contributed by atoms with Crippen LogP contribution < -0.4 is 15.5 Å². The van der Waals surface area contributed by atoms with Crippen molar-refractivity contribution >= 4 is 80.4 Å². The van der Waals surface area contributed by atoms with Crippen LogP contribution in [0.2, 0.25) is 15.1 Å². The summed E-state index contributed by atoms with van der Waals surface area (Å²) < 4.78 is 5.47. The van der Waals surface area contributed by atoms with E-state index in [1.165, 1.54) is 0 Å². The van der Waals surface area contributed by atoms with E-state index in [9.17, 15) is 9.59 Å². The van der Waals surface area contributed by atoms with Gasteiger partial charge in [0.05, 0.1) is 23.1 Å². The lowest BCUT2D eigenvalue weighted by atomic mass is 9.95. The van der Waals surface area contributed by atoms with Crippen molar-refractivity contribution in [1.29, 1.82) is 0 Å². The Labute approximate surface area is 338 Å². The Bertz CT molecular complexity index is 2240. The molecule has 3 N–H and O–H groups in total. The van der Waals surface area contributed by atoms with Crippen molar-refractivity contribution in [2.75, 3.05) is 23.3 Å². The zero-order valence-electron chi connectivity index (χ0n) is 31.7. The molecule has 1 atom stereocenters. The van der Waals surface area contributed by atoms with Gasteiger partial charge in [-0.2, -0.15) is 0 Å². The summed E-state index contributed by atoms with van der Waals surface area (Å²) in [6.45, 7) is 15.3. The molecule has 55 heavy (non-hydrogen) atoms. The normalized spacial score (nSPS) is 14.6. The maximum Gasteiger partial charge on any atom is 0.407 e. The number of H-pyrrole nitrogens is 1. The Morgan fingerprint density at radius 3 is 2.27 bits per heavy atom. The highest BCUT2D eigenvalue weighted by molar-refractivity contribution is 6.35. The van der Waals surface area contributed by atoms with Crippen LogP contribution in [0.5, 0.6) is 0 Å². The lowest BCUT2D eigenvalue weighted by molar-refractivity contribution is 0.0497. The number of allylic oxidation sites excluding steroid dienone is 1. The van der Waals surface area contributed by atoms with Crippen molar-refractivity contribution in [2.24, 2.45) is 0 Å². The zero-order valence-corrected chi connectivity index (χ0v) is 33.9. The number of ether oxygens (including phenoxy) is 1. The molecule has 1 unspecified atom stereocenters. The standard InChI is InChI=1S/C44H46Cl3N5O3/c1-7-52(28(3)33-19-17-30(45)25-35(33)47)41(27(2)29-13-9-8-10-14-29)39-34-20-18-31(46)26-37(34)49-40(39)42(53)50-36-15-11-12-16-38(36)51-23-21-32(22-24-51)48-43(54)55-44(4,5)6/h7-20,25-26,28,32,49H,1,21-24H2,2-6H3,(H,48,54)(H,50,53)/b41-27+. The molecule has 0 spiro atoms. The first-order valence-electron chi connectivity index (χ1n) is 18.3. The van der Waals surface area contributed by atoms with Gasteiger partial charge in [-0.15, -0.1) is 0 Å². The van der Waals surface area contributed by atoms with Crippen molar-refractivity contribution in [2.45, 2.75) is 65.1 Å². The minimum absolute atomic E-state index is 0.00963. The summed E-state index contributed by atoms with van der Waals surface area (Å²) in [6.07, 6.45) is 2.82. The number of hydrogen-bond acceptors (Lipinski definition) is 5. The molecule has 1 saturated heterocycles. The van der Waals surface area contributed by atoms with Crippen LogP contribution in [0, 0.1) is 0 Å². The van der Waals surface area contributed by atoms with Gasteiger partial charge in [0.2, 0.25) is 0 Å². The molecule has 5 aromatic rings. The SMILES string of the molecule is C=CN(/C(=C(\C)c1ccccc1)c1c(C(=O)Nc2ccccc2N2CCC(NC(=O)OC(C)(C)C)CC2)[nH]c2cc(Cl)ccc12)C(C)c1ccc(Cl)cc1Cl. The van der Waals surface area contributed by atoms with E-state index >= 15 is 0 Å². The second kappa shape index (κ2) is 16.9. The van der Waals surface area contributed by atoms with Gasteiger partial charge >= 0.3 is 6.09 Å². The number of amides is 2. The molecule has 0 saturated carbocycles. The van der Waals surface area contributed by atoms with Crippen molar-refractivity contribution in [3.05, 3.63) is 141 Å². The van der Waals surface area contributed by atoms with Gasteiger partial charge in [0.1, 0.15) is 11.3 Å². The van der Waals surface area contributed by atoms with Gasteiger partial charge in [-0.3, -0.25) is 4.79 Å². The molecule has 1 fully saturated rings. The summed E-state index contributed by atoms with van der Waals surface area (Å²) in [5, 5.41) is 8.66. The minimum atomic E-state index is -0.567. The first-order valence-corrected chi connectivity index (χ1v) is 19.5. The molecule has 286 valence electrons. The second-order valence-corrected chi connectivity index (χ2v) is 16.0. The van der Waals surface area contributed by atoms with Crippen LogP contribution in [-0.2, 0) is 4.74 Å². The van der Waals surface area contributed by atoms with E-state index in [1.54, 1.807) is 12.3 Å². The molecule has 0 bridgehead atoms. The van der Waals surface area contributed by atoms with Crippen LogP contribution in [0.3, 0.4) is 0 Å². The number of aromatic nitrogens is 1. The molecule has 2 heterocycles. The van der Waals surface area contributed by atoms with Crippen molar-refractivity contribution < 1.29 is 14.3 Å².